The van der Waals surface area contributed by atoms with Crippen LogP contribution >= 0.6 is 11.6 Å². The second-order valence-electron chi connectivity index (χ2n) is 5.90. The van der Waals surface area contributed by atoms with Crippen LogP contribution in [-0.4, -0.2) is 29.7 Å². The van der Waals surface area contributed by atoms with Gasteiger partial charge in [-0.3, -0.25) is 4.79 Å². The molecule has 0 amide bonds. The molecule has 1 unspecified atom stereocenters. The molecule has 0 aromatic carbocycles. The summed E-state index contributed by atoms with van der Waals surface area (Å²) in [6.07, 6.45) is 3.79. The van der Waals surface area contributed by atoms with E-state index >= 15 is 0 Å². The van der Waals surface area contributed by atoms with Crippen LogP contribution in [0.25, 0.3) is 0 Å². The van der Waals surface area contributed by atoms with E-state index in [1.54, 1.807) is 6.92 Å². The molecule has 2 rings (SSSR count). The van der Waals surface area contributed by atoms with E-state index in [2.05, 4.69) is 6.58 Å². The maximum absolute atomic E-state index is 12.2. The van der Waals surface area contributed by atoms with Gasteiger partial charge in [-0.2, -0.15) is 0 Å². The Hall–Kier alpha value is -0.380. The van der Waals surface area contributed by atoms with E-state index < -0.39 is 4.87 Å². The third-order valence-corrected chi connectivity index (χ3v) is 4.69. The van der Waals surface area contributed by atoms with Crippen LogP contribution in [0.4, 0.5) is 0 Å². The second-order valence-corrected chi connectivity index (χ2v) is 6.69. The molecular weight excluding hydrogens is 264 g/mol. The van der Waals surface area contributed by atoms with Crippen molar-refractivity contribution in [2.24, 2.45) is 5.92 Å². The van der Waals surface area contributed by atoms with Gasteiger partial charge in [-0.05, 0) is 45.4 Å². The number of Topliss-reactive ketones (excluding diaryl/α,β-unsaturated/α-hetero) is 1. The van der Waals surface area contributed by atoms with Gasteiger partial charge in [0.25, 0.3) is 0 Å². The summed E-state index contributed by atoms with van der Waals surface area (Å²) in [7, 11) is 0. The zero-order chi connectivity index (χ0) is 14.0. The first-order valence-electron chi connectivity index (χ1n) is 7.06. The molecule has 1 saturated carbocycles. The molecule has 1 heterocycles. The normalized spacial score (nSPS) is 40.2. The Labute approximate surface area is 120 Å². The number of hydrogen-bond donors (Lipinski definition) is 0. The molecule has 1 saturated heterocycles. The number of carbonyl (C=O) groups excluding carboxylic acids is 1. The first kappa shape index (κ1) is 15.0. The monoisotopic (exact) mass is 286 g/mol. The van der Waals surface area contributed by atoms with Crippen molar-refractivity contribution in [3.8, 4) is 0 Å². The Bertz CT molecular complexity index is 358. The van der Waals surface area contributed by atoms with Crippen molar-refractivity contribution < 1.29 is 14.3 Å². The summed E-state index contributed by atoms with van der Waals surface area (Å²) in [5.74, 6) is 0.224. The fourth-order valence-electron chi connectivity index (χ4n) is 2.73. The van der Waals surface area contributed by atoms with Crippen LogP contribution in [0.3, 0.4) is 0 Å². The van der Waals surface area contributed by atoms with E-state index in [-0.39, 0.29) is 24.1 Å². The molecule has 0 spiro atoms. The summed E-state index contributed by atoms with van der Waals surface area (Å²) >= 11 is 6.42. The highest BCUT2D eigenvalue weighted by Crippen LogP contribution is 2.39. The van der Waals surface area contributed by atoms with Gasteiger partial charge in [-0.1, -0.05) is 12.2 Å². The van der Waals surface area contributed by atoms with Gasteiger partial charge in [0.2, 0.25) is 0 Å². The molecule has 1 aliphatic carbocycles. The Kier molecular flexibility index (Phi) is 4.70. The predicted molar refractivity (Wildman–Crippen MR) is 75.3 cm³/mol. The summed E-state index contributed by atoms with van der Waals surface area (Å²) in [6, 6.07) is 0. The number of allylic oxidation sites excluding steroid dienone is 1. The largest absolute Gasteiger partial charge is 0.353 e. The van der Waals surface area contributed by atoms with E-state index in [0.29, 0.717) is 6.42 Å². The van der Waals surface area contributed by atoms with Crippen LogP contribution in [0, 0.1) is 5.92 Å². The van der Waals surface area contributed by atoms with E-state index in [9.17, 15) is 4.79 Å². The third kappa shape index (κ3) is 3.39. The molecule has 2 aliphatic rings. The smallest absolute Gasteiger partial charge is 0.158 e. The number of hydrogen-bond acceptors (Lipinski definition) is 3. The topological polar surface area (TPSA) is 35.5 Å². The number of carbonyl (C=O) groups is 1. The van der Waals surface area contributed by atoms with Crippen molar-refractivity contribution in [1.29, 1.82) is 0 Å². The standard InChI is InChI=1S/C15H23ClO3/c1-10(2)11-8-12(17)15(3,16)13(9-11)19-14-6-4-5-7-18-14/h11,13-14H,1,4-9H2,2-3H3/t11-,13+,14?,15+/m0/s1. The van der Waals surface area contributed by atoms with Crippen molar-refractivity contribution in [2.75, 3.05) is 6.61 Å². The minimum absolute atomic E-state index is 0.0502. The van der Waals surface area contributed by atoms with Gasteiger partial charge in [0.05, 0.1) is 6.10 Å². The lowest BCUT2D eigenvalue weighted by Crippen LogP contribution is -2.51. The fourth-order valence-corrected chi connectivity index (χ4v) is 2.94. The minimum atomic E-state index is -0.938. The van der Waals surface area contributed by atoms with Crippen LogP contribution in [0.5, 0.6) is 0 Å². The average molecular weight is 287 g/mol. The van der Waals surface area contributed by atoms with Gasteiger partial charge in [0.15, 0.2) is 12.1 Å². The van der Waals surface area contributed by atoms with Crippen LogP contribution < -0.4 is 0 Å². The molecule has 0 aromatic heterocycles. The highest BCUT2D eigenvalue weighted by molar-refractivity contribution is 6.35. The quantitative estimate of drug-likeness (QED) is 0.589. The highest BCUT2D eigenvalue weighted by Gasteiger charge is 2.47. The molecule has 2 fully saturated rings. The SMILES string of the molecule is C=C(C)[C@H]1CC(=O)[C@@](C)(Cl)[C@H](OC2CCCCO2)C1. The van der Waals surface area contributed by atoms with E-state index in [0.717, 1.165) is 37.9 Å². The Morgan fingerprint density at radius 1 is 1.53 bits per heavy atom. The van der Waals surface area contributed by atoms with Crippen molar-refractivity contribution in [3.05, 3.63) is 12.2 Å². The first-order chi connectivity index (χ1) is 8.91. The van der Waals surface area contributed by atoms with Crippen LogP contribution in [0.15, 0.2) is 12.2 Å². The van der Waals surface area contributed by atoms with Crippen LogP contribution in [0.1, 0.15) is 46.0 Å². The molecule has 108 valence electrons. The van der Waals surface area contributed by atoms with Gasteiger partial charge in [-0.15, -0.1) is 11.6 Å². The van der Waals surface area contributed by atoms with Crippen LogP contribution in [-0.2, 0) is 14.3 Å². The van der Waals surface area contributed by atoms with E-state index in [1.165, 1.54) is 0 Å². The third-order valence-electron chi connectivity index (χ3n) is 4.23. The van der Waals surface area contributed by atoms with Gasteiger partial charge in [0, 0.05) is 13.0 Å². The summed E-state index contributed by atoms with van der Waals surface area (Å²) in [4.78, 5) is 11.3. The zero-order valence-electron chi connectivity index (χ0n) is 11.8. The minimum Gasteiger partial charge on any atom is -0.353 e. The average Bonchev–Trinajstić information content (AvgIpc) is 2.36. The number of halogens is 1. The molecule has 4 atom stereocenters. The van der Waals surface area contributed by atoms with Gasteiger partial charge < -0.3 is 9.47 Å². The molecule has 0 N–H and O–H groups in total. The van der Waals surface area contributed by atoms with Gasteiger partial charge in [-0.25, -0.2) is 0 Å². The summed E-state index contributed by atoms with van der Waals surface area (Å²) in [6.45, 7) is 8.41. The molecule has 3 nitrogen and oxygen atoms in total. The van der Waals surface area contributed by atoms with E-state index in [1.807, 2.05) is 6.92 Å². The molecule has 4 heteroatoms. The Balaban J connectivity index is 2.05. The van der Waals surface area contributed by atoms with Crippen molar-refractivity contribution in [2.45, 2.75) is 63.2 Å². The summed E-state index contributed by atoms with van der Waals surface area (Å²) in [5.41, 5.74) is 1.03. The fraction of sp³-hybridized carbons (Fsp3) is 0.800. The molecule has 1 aliphatic heterocycles. The Morgan fingerprint density at radius 2 is 2.26 bits per heavy atom. The lowest BCUT2D eigenvalue weighted by atomic mass is 9.76. The van der Waals surface area contributed by atoms with Crippen molar-refractivity contribution in [1.82, 2.24) is 0 Å². The van der Waals surface area contributed by atoms with Crippen molar-refractivity contribution >= 4 is 17.4 Å². The highest BCUT2D eigenvalue weighted by atomic mass is 35.5. The molecule has 19 heavy (non-hydrogen) atoms. The summed E-state index contributed by atoms with van der Waals surface area (Å²) in [5, 5.41) is 0. The number of rotatable bonds is 3. The molecule has 0 bridgehead atoms. The second kappa shape index (κ2) is 5.94. The molecular formula is C15H23ClO3. The summed E-state index contributed by atoms with van der Waals surface area (Å²) < 4.78 is 11.6. The first-order valence-corrected chi connectivity index (χ1v) is 7.43. The van der Waals surface area contributed by atoms with Crippen molar-refractivity contribution in [3.63, 3.8) is 0 Å². The maximum atomic E-state index is 12.2. The Morgan fingerprint density at radius 3 is 2.84 bits per heavy atom. The van der Waals surface area contributed by atoms with Crippen LogP contribution in [0.2, 0.25) is 0 Å². The molecule has 0 radical (unpaired) electrons. The maximum Gasteiger partial charge on any atom is 0.158 e. The predicted octanol–water partition coefficient (Wildman–Crippen LogP) is 3.45. The van der Waals surface area contributed by atoms with Gasteiger partial charge in [0.1, 0.15) is 4.87 Å². The zero-order valence-corrected chi connectivity index (χ0v) is 12.5. The van der Waals surface area contributed by atoms with E-state index in [4.69, 9.17) is 21.1 Å². The lowest BCUT2D eigenvalue weighted by Gasteiger charge is -2.41. The number of ether oxygens (including phenoxy) is 2. The number of alkyl halides is 1. The number of ketones is 1. The lowest BCUT2D eigenvalue weighted by molar-refractivity contribution is -0.200. The van der Waals surface area contributed by atoms with Gasteiger partial charge >= 0.3 is 0 Å². The molecule has 0 aromatic rings.